The van der Waals surface area contributed by atoms with Gasteiger partial charge in [-0.3, -0.25) is 4.79 Å². The lowest BCUT2D eigenvalue weighted by Crippen LogP contribution is -2.41. The van der Waals surface area contributed by atoms with Crippen molar-refractivity contribution >= 4 is 5.97 Å². The topological polar surface area (TPSA) is 73.1 Å². The molecule has 0 aliphatic carbocycles. The Hall–Kier alpha value is -1.08. The summed E-state index contributed by atoms with van der Waals surface area (Å²) in [4.78, 5) is 10.7. The fourth-order valence-electron chi connectivity index (χ4n) is 1.23. The van der Waals surface area contributed by atoms with Gasteiger partial charge in [-0.1, -0.05) is 0 Å². The van der Waals surface area contributed by atoms with Crippen LogP contribution in [-0.2, 0) is 4.79 Å². The average molecular weight is 154 g/mol. The van der Waals surface area contributed by atoms with Crippen molar-refractivity contribution in [2.75, 3.05) is 13.1 Å². The summed E-state index contributed by atoms with van der Waals surface area (Å²) >= 11 is 0. The molecular formula is C7H10N2O2. The van der Waals surface area contributed by atoms with Crippen molar-refractivity contribution in [3.63, 3.8) is 0 Å². The van der Waals surface area contributed by atoms with Gasteiger partial charge in [0.25, 0.3) is 0 Å². The van der Waals surface area contributed by atoms with Gasteiger partial charge in [0.05, 0.1) is 6.07 Å². The molecule has 0 amide bonds. The number of nitrogens with zero attached hydrogens (tertiary/aromatic N) is 1. The third kappa shape index (κ3) is 1.33. The zero-order valence-corrected chi connectivity index (χ0v) is 6.13. The average Bonchev–Trinajstić information content (AvgIpc) is 2.05. The maximum Gasteiger partial charge on any atom is 0.324 e. The van der Waals surface area contributed by atoms with Crippen LogP contribution >= 0.6 is 0 Å². The summed E-state index contributed by atoms with van der Waals surface area (Å²) in [5, 5.41) is 20.4. The molecule has 4 heteroatoms. The Morgan fingerprint density at radius 1 is 1.55 bits per heavy atom. The number of hydrogen-bond donors (Lipinski definition) is 2. The molecule has 1 aliphatic heterocycles. The number of piperidine rings is 1. The number of nitriles is 1. The van der Waals surface area contributed by atoms with Gasteiger partial charge in [0.1, 0.15) is 0 Å². The predicted octanol–water partition coefficient (Wildman–Crippen LogP) is -0.0356. The van der Waals surface area contributed by atoms with Crippen LogP contribution in [0.4, 0.5) is 0 Å². The Morgan fingerprint density at radius 2 is 2.09 bits per heavy atom. The lowest BCUT2D eigenvalue weighted by Gasteiger charge is -2.26. The molecule has 0 spiro atoms. The summed E-state index contributed by atoms with van der Waals surface area (Å²) in [7, 11) is 0. The van der Waals surface area contributed by atoms with Gasteiger partial charge in [0.15, 0.2) is 5.41 Å². The minimum atomic E-state index is -1.12. The second-order valence-electron chi connectivity index (χ2n) is 2.75. The molecule has 1 rings (SSSR count). The van der Waals surface area contributed by atoms with E-state index >= 15 is 0 Å². The summed E-state index contributed by atoms with van der Waals surface area (Å²) in [5.74, 6) is -0.985. The molecule has 4 nitrogen and oxygen atoms in total. The number of carbonyl (C=O) groups is 1. The van der Waals surface area contributed by atoms with Crippen LogP contribution < -0.4 is 5.32 Å². The summed E-state index contributed by atoms with van der Waals surface area (Å²) in [6.45, 7) is 1.25. The summed E-state index contributed by atoms with van der Waals surface area (Å²) in [6, 6.07) is 1.88. The minimum absolute atomic E-state index is 0.416. The first-order valence-electron chi connectivity index (χ1n) is 3.57. The molecule has 0 atom stereocenters. The normalized spacial score (nSPS) is 22.1. The van der Waals surface area contributed by atoms with Crippen molar-refractivity contribution in [2.45, 2.75) is 12.8 Å². The third-order valence-electron chi connectivity index (χ3n) is 2.08. The van der Waals surface area contributed by atoms with E-state index in [0.717, 1.165) is 0 Å². The van der Waals surface area contributed by atoms with E-state index in [1.807, 2.05) is 6.07 Å². The molecule has 0 aromatic carbocycles. The Bertz CT molecular complexity index is 201. The summed E-state index contributed by atoms with van der Waals surface area (Å²) in [5.41, 5.74) is -1.12. The number of rotatable bonds is 1. The third-order valence-corrected chi connectivity index (χ3v) is 2.08. The molecule has 0 unspecified atom stereocenters. The molecule has 2 N–H and O–H groups in total. The molecule has 11 heavy (non-hydrogen) atoms. The predicted molar refractivity (Wildman–Crippen MR) is 37.8 cm³/mol. The van der Waals surface area contributed by atoms with Crippen molar-refractivity contribution in [3.05, 3.63) is 0 Å². The molecule has 1 heterocycles. The number of nitrogens with one attached hydrogen (secondary N) is 1. The van der Waals surface area contributed by atoms with E-state index in [-0.39, 0.29) is 0 Å². The van der Waals surface area contributed by atoms with E-state index < -0.39 is 11.4 Å². The van der Waals surface area contributed by atoms with Gasteiger partial charge in [-0.05, 0) is 25.9 Å². The summed E-state index contributed by atoms with van der Waals surface area (Å²) < 4.78 is 0. The lowest BCUT2D eigenvalue weighted by atomic mass is 9.81. The van der Waals surface area contributed by atoms with Crippen LogP contribution in [0, 0.1) is 16.7 Å². The molecule has 1 fully saturated rings. The Morgan fingerprint density at radius 3 is 2.36 bits per heavy atom. The van der Waals surface area contributed by atoms with Gasteiger partial charge in [-0.25, -0.2) is 0 Å². The minimum Gasteiger partial charge on any atom is -0.480 e. The molecule has 0 radical (unpaired) electrons. The highest BCUT2D eigenvalue weighted by Gasteiger charge is 2.39. The van der Waals surface area contributed by atoms with Crippen molar-refractivity contribution < 1.29 is 9.90 Å². The van der Waals surface area contributed by atoms with Gasteiger partial charge < -0.3 is 10.4 Å². The zero-order chi connectivity index (χ0) is 8.32. The van der Waals surface area contributed by atoms with E-state index in [0.29, 0.717) is 25.9 Å². The maximum atomic E-state index is 10.7. The molecule has 0 saturated carbocycles. The van der Waals surface area contributed by atoms with Gasteiger partial charge in [-0.15, -0.1) is 0 Å². The first-order valence-corrected chi connectivity index (χ1v) is 3.57. The lowest BCUT2D eigenvalue weighted by molar-refractivity contribution is -0.146. The maximum absolute atomic E-state index is 10.7. The Labute approximate surface area is 64.8 Å². The quantitative estimate of drug-likeness (QED) is 0.556. The van der Waals surface area contributed by atoms with E-state index in [4.69, 9.17) is 10.4 Å². The van der Waals surface area contributed by atoms with Crippen LogP contribution in [-0.4, -0.2) is 24.2 Å². The monoisotopic (exact) mass is 154 g/mol. The highest BCUT2D eigenvalue weighted by molar-refractivity contribution is 5.78. The molecule has 60 valence electrons. The van der Waals surface area contributed by atoms with Gasteiger partial charge in [0, 0.05) is 0 Å². The van der Waals surface area contributed by atoms with Gasteiger partial charge >= 0.3 is 5.97 Å². The van der Waals surface area contributed by atoms with Crippen LogP contribution in [0.2, 0.25) is 0 Å². The molecule has 0 bridgehead atoms. The molecule has 0 aromatic heterocycles. The SMILES string of the molecule is N#CC1(C(=O)O)CCNCC1. The van der Waals surface area contributed by atoms with Crippen LogP contribution in [0.1, 0.15) is 12.8 Å². The van der Waals surface area contributed by atoms with Crippen molar-refractivity contribution in [3.8, 4) is 6.07 Å². The van der Waals surface area contributed by atoms with Crippen LogP contribution in [0.25, 0.3) is 0 Å². The fraction of sp³-hybridized carbons (Fsp3) is 0.714. The smallest absolute Gasteiger partial charge is 0.324 e. The second kappa shape index (κ2) is 2.89. The van der Waals surface area contributed by atoms with E-state index in [9.17, 15) is 4.79 Å². The zero-order valence-electron chi connectivity index (χ0n) is 6.13. The number of aliphatic carboxylic acids is 1. The van der Waals surface area contributed by atoms with Crippen molar-refractivity contribution in [1.82, 2.24) is 5.32 Å². The molecular weight excluding hydrogens is 144 g/mol. The fourth-order valence-corrected chi connectivity index (χ4v) is 1.23. The largest absolute Gasteiger partial charge is 0.480 e. The van der Waals surface area contributed by atoms with Crippen molar-refractivity contribution in [2.24, 2.45) is 5.41 Å². The number of hydrogen-bond acceptors (Lipinski definition) is 3. The highest BCUT2D eigenvalue weighted by Crippen LogP contribution is 2.27. The second-order valence-corrected chi connectivity index (χ2v) is 2.75. The number of carboxylic acid groups (broad SMARTS) is 1. The van der Waals surface area contributed by atoms with E-state index in [1.165, 1.54) is 0 Å². The highest BCUT2D eigenvalue weighted by atomic mass is 16.4. The first-order chi connectivity index (χ1) is 5.21. The van der Waals surface area contributed by atoms with Crippen LogP contribution in [0.3, 0.4) is 0 Å². The standard InChI is InChI=1S/C7H10N2O2/c8-5-7(6(10)11)1-3-9-4-2-7/h9H,1-4H2,(H,10,11). The molecule has 1 saturated heterocycles. The van der Waals surface area contributed by atoms with Crippen LogP contribution in [0.5, 0.6) is 0 Å². The first kappa shape index (κ1) is 8.02. The van der Waals surface area contributed by atoms with Crippen molar-refractivity contribution in [1.29, 1.82) is 5.26 Å². The van der Waals surface area contributed by atoms with Crippen LogP contribution in [0.15, 0.2) is 0 Å². The van der Waals surface area contributed by atoms with E-state index in [2.05, 4.69) is 5.32 Å². The molecule has 1 aliphatic rings. The summed E-state index contributed by atoms with van der Waals surface area (Å²) in [6.07, 6.45) is 0.831. The molecule has 0 aromatic rings. The number of carboxylic acids is 1. The Balaban J connectivity index is 2.75. The van der Waals surface area contributed by atoms with Gasteiger partial charge in [0.2, 0.25) is 0 Å². The Kier molecular flexibility index (Phi) is 2.11. The van der Waals surface area contributed by atoms with E-state index in [1.54, 1.807) is 0 Å². The van der Waals surface area contributed by atoms with Gasteiger partial charge in [-0.2, -0.15) is 5.26 Å².